The molecular formula is C21H23N3O3S. The van der Waals surface area contributed by atoms with Gasteiger partial charge in [0.2, 0.25) is 5.13 Å². The molecule has 1 N–H and O–H groups in total. The van der Waals surface area contributed by atoms with E-state index >= 15 is 0 Å². The van der Waals surface area contributed by atoms with Crippen LogP contribution in [0.4, 0.5) is 5.13 Å². The van der Waals surface area contributed by atoms with Crippen molar-refractivity contribution in [2.45, 2.75) is 26.2 Å². The zero-order valence-electron chi connectivity index (χ0n) is 16.4. The number of rotatable bonds is 7. The number of nitrogens with one attached hydrogen (secondary N) is 1. The summed E-state index contributed by atoms with van der Waals surface area (Å²) in [4.78, 5) is 12.6. The van der Waals surface area contributed by atoms with Crippen LogP contribution in [0.25, 0.3) is 0 Å². The molecule has 0 atom stereocenters. The van der Waals surface area contributed by atoms with Gasteiger partial charge in [0.05, 0.1) is 13.7 Å². The number of carbonyl (C=O) groups is 1. The Morgan fingerprint density at radius 3 is 2.54 bits per heavy atom. The molecule has 1 amide bonds. The minimum atomic E-state index is -0.301. The summed E-state index contributed by atoms with van der Waals surface area (Å²) in [5, 5.41) is 12.5. The van der Waals surface area contributed by atoms with Crippen LogP contribution in [0.5, 0.6) is 11.5 Å². The van der Waals surface area contributed by atoms with Crippen molar-refractivity contribution in [3.05, 3.63) is 64.7 Å². The summed E-state index contributed by atoms with van der Waals surface area (Å²) in [5.74, 6) is 0.839. The van der Waals surface area contributed by atoms with E-state index in [9.17, 15) is 4.79 Å². The second kappa shape index (κ2) is 8.39. The van der Waals surface area contributed by atoms with E-state index in [-0.39, 0.29) is 11.3 Å². The Balaban J connectivity index is 1.78. The highest BCUT2D eigenvalue weighted by atomic mass is 32.1. The number of aromatic nitrogens is 2. The maximum Gasteiger partial charge on any atom is 0.257 e. The van der Waals surface area contributed by atoms with Crippen molar-refractivity contribution in [1.82, 2.24) is 10.2 Å². The molecule has 1 aromatic heterocycles. The van der Waals surface area contributed by atoms with Crippen molar-refractivity contribution in [3.63, 3.8) is 0 Å². The summed E-state index contributed by atoms with van der Waals surface area (Å²) in [6.45, 7) is 6.54. The summed E-state index contributed by atoms with van der Waals surface area (Å²) >= 11 is 1.37. The first-order valence-corrected chi connectivity index (χ1v) is 9.79. The maximum absolute atomic E-state index is 12.6. The molecule has 0 aliphatic rings. The summed E-state index contributed by atoms with van der Waals surface area (Å²) in [5.41, 5.74) is 1.30. The largest absolute Gasteiger partial charge is 0.493 e. The lowest BCUT2D eigenvalue weighted by atomic mass is 9.85. The second-order valence-corrected chi connectivity index (χ2v) is 7.63. The summed E-state index contributed by atoms with van der Waals surface area (Å²) < 4.78 is 10.8. The zero-order chi connectivity index (χ0) is 20.1. The van der Waals surface area contributed by atoms with Crippen LogP contribution in [0, 0.1) is 0 Å². The molecule has 0 aliphatic heterocycles. The van der Waals surface area contributed by atoms with Gasteiger partial charge in [0.15, 0.2) is 11.5 Å². The van der Waals surface area contributed by atoms with E-state index in [1.807, 2.05) is 25.1 Å². The predicted octanol–water partition coefficient (Wildman–Crippen LogP) is 4.52. The minimum absolute atomic E-state index is 0.274. The molecule has 0 spiro atoms. The number of amides is 1. The molecule has 0 bridgehead atoms. The molecule has 7 heteroatoms. The Hall–Kier alpha value is -2.93. The first kappa shape index (κ1) is 19.8. The molecule has 6 nitrogen and oxygen atoms in total. The highest BCUT2D eigenvalue weighted by Gasteiger charge is 2.27. The maximum atomic E-state index is 12.6. The van der Waals surface area contributed by atoms with Gasteiger partial charge in [0, 0.05) is 11.0 Å². The summed E-state index contributed by atoms with van der Waals surface area (Å²) in [7, 11) is 1.56. The lowest BCUT2D eigenvalue weighted by Gasteiger charge is -2.21. The van der Waals surface area contributed by atoms with Gasteiger partial charge in [-0.3, -0.25) is 10.1 Å². The Morgan fingerprint density at radius 1 is 1.11 bits per heavy atom. The average Bonchev–Trinajstić information content (AvgIpc) is 3.18. The van der Waals surface area contributed by atoms with Crippen LogP contribution in [-0.2, 0) is 5.41 Å². The van der Waals surface area contributed by atoms with Crippen LogP contribution in [0.3, 0.4) is 0 Å². The molecule has 0 saturated carbocycles. The topological polar surface area (TPSA) is 73.3 Å². The quantitative estimate of drug-likeness (QED) is 0.634. The Kier molecular flexibility index (Phi) is 5.94. The molecule has 0 radical (unpaired) electrons. The summed E-state index contributed by atoms with van der Waals surface area (Å²) in [6.07, 6.45) is 0. The van der Waals surface area contributed by atoms with E-state index in [1.54, 1.807) is 25.3 Å². The molecule has 0 saturated heterocycles. The summed E-state index contributed by atoms with van der Waals surface area (Å²) in [6, 6.07) is 15.2. The first-order chi connectivity index (χ1) is 13.5. The monoisotopic (exact) mass is 397 g/mol. The molecule has 2 aromatic carbocycles. The fourth-order valence-corrected chi connectivity index (χ4v) is 3.62. The number of methoxy groups -OCH3 is 1. The van der Waals surface area contributed by atoms with Crippen molar-refractivity contribution in [2.24, 2.45) is 0 Å². The molecule has 1 heterocycles. The van der Waals surface area contributed by atoms with Crippen LogP contribution in [0.1, 0.15) is 41.7 Å². The molecule has 3 rings (SSSR count). The first-order valence-electron chi connectivity index (χ1n) is 8.97. The van der Waals surface area contributed by atoms with E-state index < -0.39 is 0 Å². The minimum Gasteiger partial charge on any atom is -0.493 e. The van der Waals surface area contributed by atoms with Crippen molar-refractivity contribution in [2.75, 3.05) is 19.0 Å². The Bertz CT molecular complexity index is 955. The zero-order valence-corrected chi connectivity index (χ0v) is 17.2. The number of benzene rings is 2. The predicted molar refractivity (Wildman–Crippen MR) is 111 cm³/mol. The smallest absolute Gasteiger partial charge is 0.257 e. The highest BCUT2D eigenvalue weighted by Crippen LogP contribution is 2.35. The van der Waals surface area contributed by atoms with Gasteiger partial charge in [-0.25, -0.2) is 0 Å². The van der Waals surface area contributed by atoms with Crippen molar-refractivity contribution < 1.29 is 14.3 Å². The van der Waals surface area contributed by atoms with E-state index in [0.29, 0.717) is 28.8 Å². The van der Waals surface area contributed by atoms with Crippen LogP contribution >= 0.6 is 11.3 Å². The van der Waals surface area contributed by atoms with E-state index in [2.05, 4.69) is 41.5 Å². The van der Waals surface area contributed by atoms with Gasteiger partial charge in [0.25, 0.3) is 5.91 Å². The molecule has 0 aliphatic carbocycles. The molecular weight excluding hydrogens is 374 g/mol. The van der Waals surface area contributed by atoms with Crippen LogP contribution < -0.4 is 14.8 Å². The van der Waals surface area contributed by atoms with Crippen LogP contribution in [0.2, 0.25) is 0 Å². The normalized spacial score (nSPS) is 11.1. The molecule has 28 heavy (non-hydrogen) atoms. The SMILES string of the molecule is CCOc1cc(C(=O)Nc2nnc(C(C)(C)c3ccccc3)s2)ccc1OC. The van der Waals surface area contributed by atoms with Crippen molar-refractivity contribution in [3.8, 4) is 11.5 Å². The number of hydrogen-bond donors (Lipinski definition) is 1. The van der Waals surface area contributed by atoms with Crippen molar-refractivity contribution >= 4 is 22.4 Å². The number of hydrogen-bond acceptors (Lipinski definition) is 6. The number of carbonyl (C=O) groups excluding carboxylic acids is 1. The third kappa shape index (κ3) is 4.14. The lowest BCUT2D eigenvalue weighted by Crippen LogP contribution is -2.18. The third-order valence-electron chi connectivity index (χ3n) is 4.40. The molecule has 146 valence electrons. The second-order valence-electron chi connectivity index (χ2n) is 6.66. The standard InChI is InChI=1S/C21H23N3O3S/c1-5-27-17-13-14(11-12-16(17)26-4)18(25)22-20-24-23-19(28-20)21(2,3)15-9-7-6-8-10-15/h6-13H,5H2,1-4H3,(H,22,24,25). The van der Waals surface area contributed by atoms with Gasteiger partial charge >= 0.3 is 0 Å². The van der Waals surface area contributed by atoms with E-state index in [1.165, 1.54) is 11.3 Å². The third-order valence-corrected chi connectivity index (χ3v) is 5.56. The fraction of sp³-hybridized carbons (Fsp3) is 0.286. The van der Waals surface area contributed by atoms with Gasteiger partial charge in [-0.2, -0.15) is 0 Å². The van der Waals surface area contributed by atoms with Gasteiger partial charge < -0.3 is 9.47 Å². The molecule has 0 fully saturated rings. The van der Waals surface area contributed by atoms with Gasteiger partial charge in [-0.05, 0) is 44.5 Å². The number of ether oxygens (including phenoxy) is 2. The Morgan fingerprint density at radius 2 is 1.86 bits per heavy atom. The van der Waals surface area contributed by atoms with E-state index in [4.69, 9.17) is 9.47 Å². The number of nitrogens with zero attached hydrogens (tertiary/aromatic N) is 2. The van der Waals surface area contributed by atoms with Crippen LogP contribution in [-0.4, -0.2) is 29.8 Å². The molecule has 0 unspecified atom stereocenters. The molecule has 3 aromatic rings. The van der Waals surface area contributed by atoms with Gasteiger partial charge in [-0.1, -0.05) is 41.7 Å². The van der Waals surface area contributed by atoms with Crippen LogP contribution in [0.15, 0.2) is 48.5 Å². The van der Waals surface area contributed by atoms with E-state index in [0.717, 1.165) is 10.6 Å². The lowest BCUT2D eigenvalue weighted by molar-refractivity contribution is 0.102. The Labute approximate surface area is 168 Å². The highest BCUT2D eigenvalue weighted by molar-refractivity contribution is 7.15. The van der Waals surface area contributed by atoms with Gasteiger partial charge in [-0.15, -0.1) is 10.2 Å². The average molecular weight is 398 g/mol. The fourth-order valence-electron chi connectivity index (χ4n) is 2.76. The number of anilines is 1. The van der Waals surface area contributed by atoms with Gasteiger partial charge in [0.1, 0.15) is 5.01 Å². The van der Waals surface area contributed by atoms with Crippen molar-refractivity contribution in [1.29, 1.82) is 0 Å².